The maximum atomic E-state index is 11.8. The highest BCUT2D eigenvalue weighted by Crippen LogP contribution is 2.07. The molecule has 0 aliphatic carbocycles. The molecule has 1 aromatic heterocycles. The zero-order chi connectivity index (χ0) is 18.3. The number of amides is 1. The Hall–Kier alpha value is -1.60. The Bertz CT molecular complexity index is 489. The van der Waals surface area contributed by atoms with E-state index in [0.717, 1.165) is 50.0 Å². The minimum atomic E-state index is -0.00888. The van der Waals surface area contributed by atoms with E-state index >= 15 is 0 Å². The number of rotatable bonds is 12. The summed E-state index contributed by atoms with van der Waals surface area (Å²) in [6, 6.07) is 3.71. The van der Waals surface area contributed by atoms with Gasteiger partial charge in [-0.2, -0.15) is 0 Å². The number of ether oxygens (including phenoxy) is 1. The van der Waals surface area contributed by atoms with Crippen LogP contribution in [-0.4, -0.2) is 51.3 Å². The molecule has 1 rings (SSSR count). The number of nitrogens with one attached hydrogen (secondary N) is 3. The van der Waals surface area contributed by atoms with Crippen molar-refractivity contribution < 1.29 is 9.53 Å². The first-order valence-corrected chi connectivity index (χ1v) is 9.93. The van der Waals surface area contributed by atoms with Crippen LogP contribution in [0.4, 0.5) is 0 Å². The van der Waals surface area contributed by atoms with Crippen molar-refractivity contribution in [1.82, 2.24) is 16.0 Å². The molecule has 6 nitrogen and oxygen atoms in total. The van der Waals surface area contributed by atoms with E-state index in [1.807, 2.05) is 24.4 Å². The number of nitrogens with zero attached hydrogens (tertiary/aromatic N) is 1. The molecule has 1 heterocycles. The summed E-state index contributed by atoms with van der Waals surface area (Å²) in [5.41, 5.74) is 0. The SMILES string of the molecule is CCNC(=NCCCNC(=O)c1cccs1)NCCCOCC(C)C. The molecule has 0 atom stereocenters. The Morgan fingerprint density at radius 2 is 2.04 bits per heavy atom. The Balaban J connectivity index is 2.14. The van der Waals surface area contributed by atoms with Crippen LogP contribution in [0.15, 0.2) is 22.5 Å². The van der Waals surface area contributed by atoms with Gasteiger partial charge in [-0.15, -0.1) is 11.3 Å². The number of hydrogen-bond donors (Lipinski definition) is 3. The predicted molar refractivity (Wildman–Crippen MR) is 106 cm³/mol. The molecule has 0 spiro atoms. The van der Waals surface area contributed by atoms with E-state index in [0.29, 0.717) is 19.0 Å². The molecule has 1 aromatic rings. The van der Waals surface area contributed by atoms with E-state index < -0.39 is 0 Å². The summed E-state index contributed by atoms with van der Waals surface area (Å²) in [5, 5.41) is 11.3. The summed E-state index contributed by atoms with van der Waals surface area (Å²) >= 11 is 1.45. The standard InChI is InChI=1S/C18H32N4O2S/c1-4-19-18(22-11-7-12-24-14-15(2)3)21-10-6-9-20-17(23)16-8-5-13-25-16/h5,8,13,15H,4,6-7,9-12,14H2,1-3H3,(H,20,23)(H2,19,21,22). The van der Waals surface area contributed by atoms with E-state index in [1.165, 1.54) is 11.3 Å². The fraction of sp³-hybridized carbons (Fsp3) is 0.667. The average Bonchev–Trinajstić information content (AvgIpc) is 3.11. The van der Waals surface area contributed by atoms with Crippen molar-refractivity contribution in [3.63, 3.8) is 0 Å². The summed E-state index contributed by atoms with van der Waals surface area (Å²) < 4.78 is 5.56. The average molecular weight is 369 g/mol. The second kappa shape index (κ2) is 13.7. The molecule has 0 radical (unpaired) electrons. The highest BCUT2D eigenvalue weighted by Gasteiger charge is 2.04. The van der Waals surface area contributed by atoms with Crippen molar-refractivity contribution in [3.05, 3.63) is 22.4 Å². The lowest BCUT2D eigenvalue weighted by molar-refractivity contribution is 0.0957. The molecule has 0 aromatic carbocycles. The summed E-state index contributed by atoms with van der Waals surface area (Å²) in [5.74, 6) is 1.38. The number of thiophene rings is 1. The molecule has 25 heavy (non-hydrogen) atoms. The van der Waals surface area contributed by atoms with Gasteiger partial charge in [-0.25, -0.2) is 0 Å². The quantitative estimate of drug-likeness (QED) is 0.301. The molecule has 7 heteroatoms. The monoisotopic (exact) mass is 368 g/mol. The molecule has 1 amide bonds. The van der Waals surface area contributed by atoms with Crippen molar-refractivity contribution in [2.75, 3.05) is 39.4 Å². The third-order valence-electron chi connectivity index (χ3n) is 3.19. The number of carbonyl (C=O) groups is 1. The van der Waals surface area contributed by atoms with E-state index in [2.05, 4.69) is 34.8 Å². The molecule has 0 saturated carbocycles. The van der Waals surface area contributed by atoms with Crippen LogP contribution in [0.5, 0.6) is 0 Å². The lowest BCUT2D eigenvalue weighted by Crippen LogP contribution is -2.38. The van der Waals surface area contributed by atoms with Gasteiger partial charge in [0.2, 0.25) is 0 Å². The number of aliphatic imine (C=N–C) groups is 1. The lowest BCUT2D eigenvalue weighted by atomic mass is 10.2. The molecule has 0 fully saturated rings. The third-order valence-corrected chi connectivity index (χ3v) is 4.06. The highest BCUT2D eigenvalue weighted by molar-refractivity contribution is 7.12. The molecular weight excluding hydrogens is 336 g/mol. The summed E-state index contributed by atoms with van der Waals surface area (Å²) in [6.45, 7) is 10.9. The van der Waals surface area contributed by atoms with Gasteiger partial charge in [-0.1, -0.05) is 19.9 Å². The van der Waals surface area contributed by atoms with Crippen LogP contribution in [0.1, 0.15) is 43.3 Å². The first-order valence-electron chi connectivity index (χ1n) is 9.05. The zero-order valence-corrected chi connectivity index (χ0v) is 16.5. The smallest absolute Gasteiger partial charge is 0.261 e. The normalized spacial score (nSPS) is 11.6. The van der Waals surface area contributed by atoms with Crippen LogP contribution in [-0.2, 0) is 4.74 Å². The Labute approximate surface area is 155 Å². The van der Waals surface area contributed by atoms with E-state index in [9.17, 15) is 4.79 Å². The predicted octanol–water partition coefficient (Wildman–Crippen LogP) is 2.49. The van der Waals surface area contributed by atoms with Crippen LogP contribution >= 0.6 is 11.3 Å². The van der Waals surface area contributed by atoms with Crippen molar-refractivity contribution in [1.29, 1.82) is 0 Å². The van der Waals surface area contributed by atoms with E-state index in [4.69, 9.17) is 4.74 Å². The Kier molecular flexibility index (Phi) is 11.7. The fourth-order valence-corrected chi connectivity index (χ4v) is 2.65. The molecule has 142 valence electrons. The summed E-state index contributed by atoms with van der Waals surface area (Å²) in [7, 11) is 0. The van der Waals surface area contributed by atoms with Crippen LogP contribution in [0.2, 0.25) is 0 Å². The van der Waals surface area contributed by atoms with Crippen molar-refractivity contribution in [3.8, 4) is 0 Å². The van der Waals surface area contributed by atoms with Crippen molar-refractivity contribution in [2.24, 2.45) is 10.9 Å². The lowest BCUT2D eigenvalue weighted by Gasteiger charge is -2.12. The molecule has 0 bridgehead atoms. The second-order valence-corrected chi connectivity index (χ2v) is 7.04. The van der Waals surface area contributed by atoms with Crippen LogP contribution < -0.4 is 16.0 Å². The minimum absolute atomic E-state index is 0.00888. The number of carbonyl (C=O) groups excluding carboxylic acids is 1. The topological polar surface area (TPSA) is 74.8 Å². The number of guanidine groups is 1. The zero-order valence-electron chi connectivity index (χ0n) is 15.6. The molecule has 0 unspecified atom stereocenters. The first-order chi connectivity index (χ1) is 12.1. The van der Waals surface area contributed by atoms with Gasteiger partial charge in [-0.3, -0.25) is 9.79 Å². The highest BCUT2D eigenvalue weighted by atomic mass is 32.1. The van der Waals surface area contributed by atoms with Gasteiger partial charge in [-0.05, 0) is 37.1 Å². The molecule has 0 aliphatic heterocycles. The summed E-state index contributed by atoms with van der Waals surface area (Å²) in [6.07, 6.45) is 1.76. The minimum Gasteiger partial charge on any atom is -0.381 e. The maximum Gasteiger partial charge on any atom is 0.261 e. The molecule has 3 N–H and O–H groups in total. The largest absolute Gasteiger partial charge is 0.381 e. The second-order valence-electron chi connectivity index (χ2n) is 6.10. The van der Waals surface area contributed by atoms with Gasteiger partial charge in [0.15, 0.2) is 5.96 Å². The molecule has 0 saturated heterocycles. The van der Waals surface area contributed by atoms with Crippen LogP contribution in [0.25, 0.3) is 0 Å². The van der Waals surface area contributed by atoms with Gasteiger partial charge in [0.05, 0.1) is 4.88 Å². The van der Waals surface area contributed by atoms with Gasteiger partial charge in [0, 0.05) is 39.4 Å². The Morgan fingerprint density at radius 1 is 1.24 bits per heavy atom. The molecule has 0 aliphatic rings. The number of hydrogen-bond acceptors (Lipinski definition) is 4. The van der Waals surface area contributed by atoms with Gasteiger partial charge in [0.1, 0.15) is 0 Å². The van der Waals surface area contributed by atoms with E-state index in [1.54, 1.807) is 0 Å². The van der Waals surface area contributed by atoms with Crippen LogP contribution in [0, 0.1) is 5.92 Å². The van der Waals surface area contributed by atoms with Crippen molar-refractivity contribution in [2.45, 2.75) is 33.6 Å². The Morgan fingerprint density at radius 3 is 2.72 bits per heavy atom. The molecular formula is C18H32N4O2S. The first kappa shape index (κ1) is 21.4. The summed E-state index contributed by atoms with van der Waals surface area (Å²) in [4.78, 5) is 17.1. The van der Waals surface area contributed by atoms with Crippen LogP contribution in [0.3, 0.4) is 0 Å². The maximum absolute atomic E-state index is 11.8. The van der Waals surface area contributed by atoms with Crippen molar-refractivity contribution >= 4 is 23.2 Å². The fourth-order valence-electron chi connectivity index (χ4n) is 2.01. The van der Waals surface area contributed by atoms with Gasteiger partial charge in [0.25, 0.3) is 5.91 Å². The van der Waals surface area contributed by atoms with E-state index in [-0.39, 0.29) is 5.91 Å². The van der Waals surface area contributed by atoms with Gasteiger partial charge >= 0.3 is 0 Å². The third kappa shape index (κ3) is 10.8. The van der Waals surface area contributed by atoms with Gasteiger partial charge < -0.3 is 20.7 Å².